The molecule has 1 heterocycles. The summed E-state index contributed by atoms with van der Waals surface area (Å²) in [7, 11) is 0. The van der Waals surface area contributed by atoms with E-state index in [1.54, 1.807) is 12.3 Å². The standard InChI is InChI=1S/C15H18N4O/c16-10-15(20)19-13-6-7-14(18-11-13)17-9-8-12-4-2-1-3-5-12/h1-7,11H,8-10,16H2,(H,17,18)(H,19,20). The molecule has 1 aromatic carbocycles. The molecule has 104 valence electrons. The van der Waals surface area contributed by atoms with Gasteiger partial charge in [-0.2, -0.15) is 0 Å². The van der Waals surface area contributed by atoms with E-state index in [1.807, 2.05) is 24.3 Å². The maximum absolute atomic E-state index is 11.1. The molecule has 0 saturated heterocycles. The maximum atomic E-state index is 11.1. The summed E-state index contributed by atoms with van der Waals surface area (Å²) in [6.45, 7) is 0.780. The lowest BCUT2D eigenvalue weighted by Crippen LogP contribution is -2.21. The minimum Gasteiger partial charge on any atom is -0.370 e. The summed E-state index contributed by atoms with van der Waals surface area (Å²) in [5.41, 5.74) is 7.16. The zero-order chi connectivity index (χ0) is 14.2. The van der Waals surface area contributed by atoms with Gasteiger partial charge >= 0.3 is 0 Å². The number of hydrogen-bond donors (Lipinski definition) is 3. The Morgan fingerprint density at radius 3 is 2.60 bits per heavy atom. The van der Waals surface area contributed by atoms with Crippen molar-refractivity contribution in [3.8, 4) is 0 Å². The maximum Gasteiger partial charge on any atom is 0.238 e. The summed E-state index contributed by atoms with van der Waals surface area (Å²) in [6.07, 6.45) is 2.55. The third-order valence-electron chi connectivity index (χ3n) is 2.80. The van der Waals surface area contributed by atoms with E-state index in [0.717, 1.165) is 18.8 Å². The number of nitrogens with zero attached hydrogens (tertiary/aromatic N) is 1. The van der Waals surface area contributed by atoms with E-state index in [1.165, 1.54) is 5.56 Å². The summed E-state index contributed by atoms with van der Waals surface area (Å²) < 4.78 is 0. The average Bonchev–Trinajstić information content (AvgIpc) is 2.50. The highest BCUT2D eigenvalue weighted by Gasteiger charge is 2.00. The van der Waals surface area contributed by atoms with Crippen molar-refractivity contribution in [3.63, 3.8) is 0 Å². The van der Waals surface area contributed by atoms with Gasteiger partial charge in [-0.15, -0.1) is 0 Å². The molecule has 0 bridgehead atoms. The fourth-order valence-corrected chi connectivity index (χ4v) is 1.76. The lowest BCUT2D eigenvalue weighted by Gasteiger charge is -2.07. The largest absolute Gasteiger partial charge is 0.370 e. The van der Waals surface area contributed by atoms with E-state index in [-0.39, 0.29) is 12.5 Å². The quantitative estimate of drug-likeness (QED) is 0.745. The van der Waals surface area contributed by atoms with E-state index in [4.69, 9.17) is 5.73 Å². The third-order valence-corrected chi connectivity index (χ3v) is 2.80. The van der Waals surface area contributed by atoms with Crippen LogP contribution < -0.4 is 16.4 Å². The summed E-state index contributed by atoms with van der Waals surface area (Å²) in [4.78, 5) is 15.3. The van der Waals surface area contributed by atoms with Crippen LogP contribution in [0.1, 0.15) is 5.56 Å². The first-order valence-electron chi connectivity index (χ1n) is 6.51. The van der Waals surface area contributed by atoms with Crippen LogP contribution in [-0.4, -0.2) is 24.0 Å². The zero-order valence-corrected chi connectivity index (χ0v) is 11.2. The molecule has 0 atom stereocenters. The SMILES string of the molecule is NCC(=O)Nc1ccc(NCCc2ccccc2)nc1. The van der Waals surface area contributed by atoms with Crippen LogP contribution in [-0.2, 0) is 11.2 Å². The van der Waals surface area contributed by atoms with Gasteiger partial charge in [-0.25, -0.2) is 4.98 Å². The number of rotatable bonds is 6. The van der Waals surface area contributed by atoms with Crippen LogP contribution in [0.15, 0.2) is 48.7 Å². The molecule has 5 heteroatoms. The Morgan fingerprint density at radius 1 is 1.15 bits per heavy atom. The first kappa shape index (κ1) is 14.0. The molecule has 0 saturated carbocycles. The van der Waals surface area contributed by atoms with Crippen LogP contribution in [0.4, 0.5) is 11.5 Å². The smallest absolute Gasteiger partial charge is 0.238 e. The van der Waals surface area contributed by atoms with E-state index < -0.39 is 0 Å². The second-order valence-corrected chi connectivity index (χ2v) is 4.35. The fraction of sp³-hybridized carbons (Fsp3) is 0.200. The molecule has 0 aliphatic heterocycles. The molecule has 20 heavy (non-hydrogen) atoms. The lowest BCUT2D eigenvalue weighted by molar-refractivity contribution is -0.114. The molecule has 2 aromatic rings. The molecule has 1 amide bonds. The molecular weight excluding hydrogens is 252 g/mol. The third kappa shape index (κ3) is 4.37. The number of benzene rings is 1. The number of nitrogens with one attached hydrogen (secondary N) is 2. The predicted octanol–water partition coefficient (Wildman–Crippen LogP) is 1.63. The summed E-state index contributed by atoms with van der Waals surface area (Å²) in [5.74, 6) is 0.559. The van der Waals surface area contributed by atoms with E-state index in [9.17, 15) is 4.79 Å². The number of pyridine rings is 1. The molecule has 1 aromatic heterocycles. The van der Waals surface area contributed by atoms with Crippen molar-refractivity contribution in [1.82, 2.24) is 4.98 Å². The topological polar surface area (TPSA) is 80.0 Å². The fourth-order valence-electron chi connectivity index (χ4n) is 1.76. The highest BCUT2D eigenvalue weighted by Crippen LogP contribution is 2.09. The molecule has 0 aliphatic carbocycles. The van der Waals surface area contributed by atoms with Crippen LogP contribution >= 0.6 is 0 Å². The van der Waals surface area contributed by atoms with Crippen molar-refractivity contribution < 1.29 is 4.79 Å². The second kappa shape index (κ2) is 7.25. The van der Waals surface area contributed by atoms with Crippen LogP contribution in [0.5, 0.6) is 0 Å². The van der Waals surface area contributed by atoms with Crippen LogP contribution in [0.2, 0.25) is 0 Å². The Labute approximate surface area is 118 Å². The van der Waals surface area contributed by atoms with Gasteiger partial charge < -0.3 is 16.4 Å². The number of amides is 1. The second-order valence-electron chi connectivity index (χ2n) is 4.35. The van der Waals surface area contributed by atoms with Crippen molar-refractivity contribution in [2.45, 2.75) is 6.42 Å². The van der Waals surface area contributed by atoms with Crippen molar-refractivity contribution in [1.29, 1.82) is 0 Å². The number of anilines is 2. The number of carbonyl (C=O) groups is 1. The van der Waals surface area contributed by atoms with E-state index in [2.05, 4.69) is 27.8 Å². The van der Waals surface area contributed by atoms with Gasteiger partial charge in [0.25, 0.3) is 0 Å². The van der Waals surface area contributed by atoms with Gasteiger partial charge in [0.05, 0.1) is 18.4 Å². The van der Waals surface area contributed by atoms with Gasteiger partial charge in [0, 0.05) is 6.54 Å². The van der Waals surface area contributed by atoms with Gasteiger partial charge in [0.2, 0.25) is 5.91 Å². The van der Waals surface area contributed by atoms with E-state index in [0.29, 0.717) is 5.69 Å². The lowest BCUT2D eigenvalue weighted by atomic mass is 10.1. The normalized spacial score (nSPS) is 10.1. The van der Waals surface area contributed by atoms with Crippen LogP contribution in [0, 0.1) is 0 Å². The van der Waals surface area contributed by atoms with E-state index >= 15 is 0 Å². The van der Waals surface area contributed by atoms with Crippen molar-refractivity contribution in [2.75, 3.05) is 23.7 Å². The molecule has 0 spiro atoms. The van der Waals surface area contributed by atoms with Gasteiger partial charge in [0.15, 0.2) is 0 Å². The molecule has 0 unspecified atom stereocenters. The molecule has 0 radical (unpaired) electrons. The first-order valence-corrected chi connectivity index (χ1v) is 6.51. The Kier molecular flexibility index (Phi) is 5.08. The zero-order valence-electron chi connectivity index (χ0n) is 11.2. The first-order chi connectivity index (χ1) is 9.78. The highest BCUT2D eigenvalue weighted by molar-refractivity contribution is 5.91. The number of nitrogens with two attached hydrogens (primary N) is 1. The van der Waals surface area contributed by atoms with Crippen molar-refractivity contribution in [3.05, 3.63) is 54.2 Å². The molecule has 4 N–H and O–H groups in total. The van der Waals surface area contributed by atoms with Crippen molar-refractivity contribution in [2.24, 2.45) is 5.73 Å². The van der Waals surface area contributed by atoms with Crippen LogP contribution in [0.3, 0.4) is 0 Å². The summed E-state index contributed by atoms with van der Waals surface area (Å²) in [6, 6.07) is 13.9. The molecular formula is C15H18N4O. The predicted molar refractivity (Wildman–Crippen MR) is 80.6 cm³/mol. The van der Waals surface area contributed by atoms with Gasteiger partial charge in [-0.1, -0.05) is 30.3 Å². The van der Waals surface area contributed by atoms with Gasteiger partial charge in [-0.3, -0.25) is 4.79 Å². The molecule has 0 fully saturated rings. The van der Waals surface area contributed by atoms with Crippen molar-refractivity contribution >= 4 is 17.4 Å². The number of carbonyl (C=O) groups excluding carboxylic acids is 1. The Hall–Kier alpha value is -2.40. The summed E-state index contributed by atoms with van der Waals surface area (Å²) in [5, 5.41) is 5.89. The molecule has 5 nitrogen and oxygen atoms in total. The average molecular weight is 270 g/mol. The Morgan fingerprint density at radius 2 is 1.95 bits per heavy atom. The van der Waals surface area contributed by atoms with Gasteiger partial charge in [-0.05, 0) is 24.1 Å². The minimum absolute atomic E-state index is 0.0307. The minimum atomic E-state index is -0.225. The van der Waals surface area contributed by atoms with Crippen LogP contribution in [0.25, 0.3) is 0 Å². The molecule has 2 rings (SSSR count). The summed E-state index contributed by atoms with van der Waals surface area (Å²) >= 11 is 0. The number of hydrogen-bond acceptors (Lipinski definition) is 4. The Balaban J connectivity index is 1.80. The highest BCUT2D eigenvalue weighted by atomic mass is 16.1. The molecule has 0 aliphatic rings. The van der Waals surface area contributed by atoms with Gasteiger partial charge in [0.1, 0.15) is 5.82 Å². The Bertz CT molecular complexity index is 540. The number of aromatic nitrogens is 1. The monoisotopic (exact) mass is 270 g/mol.